The largest absolute Gasteiger partial charge is 0.468 e. The van der Waals surface area contributed by atoms with Crippen LogP contribution in [0.25, 0.3) is 0 Å². The van der Waals surface area contributed by atoms with E-state index in [1.807, 2.05) is 0 Å². The smallest absolute Gasteiger partial charge is 0.419 e. The molecule has 3 heterocycles. The van der Waals surface area contributed by atoms with Gasteiger partial charge in [-0.05, 0) is 33.3 Å². The number of carbonyl (C=O) groups is 3. The highest BCUT2D eigenvalue weighted by atomic mass is 16.6. The minimum Gasteiger partial charge on any atom is -0.468 e. The van der Waals surface area contributed by atoms with E-state index in [9.17, 15) is 14.4 Å². The van der Waals surface area contributed by atoms with Crippen molar-refractivity contribution < 1.29 is 28.6 Å². The van der Waals surface area contributed by atoms with Gasteiger partial charge in [-0.3, -0.25) is 9.59 Å². The number of hydrogen-bond donors (Lipinski definition) is 0. The maximum Gasteiger partial charge on any atom is 0.419 e. The van der Waals surface area contributed by atoms with Gasteiger partial charge in [0.1, 0.15) is 11.0 Å². The molecule has 0 aromatic rings. The molecule has 3 aliphatic rings. The normalized spacial score (nSPS) is 35.7. The number of hydrogen-bond acceptors (Lipinski definition) is 6. The van der Waals surface area contributed by atoms with Crippen LogP contribution in [0.4, 0.5) is 4.79 Å². The number of ether oxygens (including phenoxy) is 3. The van der Waals surface area contributed by atoms with Crippen LogP contribution in [-0.4, -0.2) is 47.4 Å². The zero-order valence-corrected chi connectivity index (χ0v) is 13.0. The summed E-state index contributed by atoms with van der Waals surface area (Å²) in [6.07, 6.45) is 2.44. The van der Waals surface area contributed by atoms with Crippen LogP contribution in [0.2, 0.25) is 0 Å². The van der Waals surface area contributed by atoms with E-state index in [-0.39, 0.29) is 12.5 Å². The van der Waals surface area contributed by atoms with Gasteiger partial charge in [-0.15, -0.1) is 0 Å². The molecule has 0 aromatic carbocycles. The van der Waals surface area contributed by atoms with Crippen molar-refractivity contribution in [3.8, 4) is 0 Å². The molecule has 0 N–H and O–H groups in total. The van der Waals surface area contributed by atoms with Crippen LogP contribution >= 0.6 is 0 Å². The van der Waals surface area contributed by atoms with E-state index in [2.05, 4.69) is 0 Å². The molecule has 0 aromatic heterocycles. The topological polar surface area (TPSA) is 82.1 Å². The fourth-order valence-electron chi connectivity index (χ4n) is 3.52. The van der Waals surface area contributed by atoms with Gasteiger partial charge in [0.15, 0.2) is 5.72 Å². The lowest BCUT2D eigenvalue weighted by Gasteiger charge is -2.37. The molecule has 2 bridgehead atoms. The number of amides is 2. The van der Waals surface area contributed by atoms with Crippen molar-refractivity contribution in [3.05, 3.63) is 12.2 Å². The standard InChI is InChI=1S/C15H19NO6/c1-13(2,3)22-12(19)16-10(17)8-14(11(18)20-4)7-9-5-6-15(14,16)21-9/h5-6,9H,7-8H2,1-4H3/t9-,14+,15+/m1/s1. The Kier molecular flexibility index (Phi) is 2.95. The van der Waals surface area contributed by atoms with Gasteiger partial charge in [0.25, 0.3) is 0 Å². The van der Waals surface area contributed by atoms with Crippen molar-refractivity contribution in [3.63, 3.8) is 0 Å². The molecule has 3 rings (SSSR count). The monoisotopic (exact) mass is 309 g/mol. The van der Waals surface area contributed by atoms with Gasteiger partial charge in [-0.25, -0.2) is 9.69 Å². The predicted octanol–water partition coefficient (Wildman–Crippen LogP) is 1.37. The van der Waals surface area contributed by atoms with Crippen LogP contribution in [0, 0.1) is 5.41 Å². The number of nitrogens with zero attached hydrogens (tertiary/aromatic N) is 1. The Morgan fingerprint density at radius 2 is 2.09 bits per heavy atom. The SMILES string of the molecule is COC(=O)[C@]12CC(=O)N(C(=O)OC(C)(C)C)[C@]13C=C[C@H](C2)O3. The van der Waals surface area contributed by atoms with Crippen molar-refractivity contribution >= 4 is 18.0 Å². The number of rotatable bonds is 1. The van der Waals surface area contributed by atoms with Crippen LogP contribution in [0.15, 0.2) is 12.2 Å². The lowest BCUT2D eigenvalue weighted by Crippen LogP contribution is -2.56. The molecule has 3 atom stereocenters. The first kappa shape index (κ1) is 15.0. The molecule has 7 heteroatoms. The molecule has 0 saturated carbocycles. The van der Waals surface area contributed by atoms with E-state index in [4.69, 9.17) is 14.2 Å². The highest BCUT2D eigenvalue weighted by molar-refractivity contribution is 6.01. The van der Waals surface area contributed by atoms with Crippen molar-refractivity contribution in [2.24, 2.45) is 5.41 Å². The molecule has 1 spiro atoms. The van der Waals surface area contributed by atoms with Crippen LogP contribution in [0.5, 0.6) is 0 Å². The number of carbonyl (C=O) groups excluding carboxylic acids is 3. The third-order valence-electron chi connectivity index (χ3n) is 4.29. The summed E-state index contributed by atoms with van der Waals surface area (Å²) in [5.74, 6) is -1.04. The first-order valence-electron chi connectivity index (χ1n) is 7.17. The summed E-state index contributed by atoms with van der Waals surface area (Å²) in [6, 6.07) is 0. The third kappa shape index (κ3) is 1.75. The number of methoxy groups -OCH3 is 1. The molecule has 22 heavy (non-hydrogen) atoms. The summed E-state index contributed by atoms with van der Waals surface area (Å²) >= 11 is 0. The molecule has 0 unspecified atom stereocenters. The third-order valence-corrected chi connectivity index (χ3v) is 4.29. The Bertz CT molecular complexity index is 591. The van der Waals surface area contributed by atoms with Gasteiger partial charge in [-0.2, -0.15) is 0 Å². The Morgan fingerprint density at radius 3 is 2.64 bits per heavy atom. The molecule has 2 amide bonds. The second kappa shape index (κ2) is 4.32. The average Bonchev–Trinajstić information content (AvgIpc) is 2.98. The summed E-state index contributed by atoms with van der Waals surface area (Å²) in [5, 5.41) is 0. The molecule has 120 valence electrons. The van der Waals surface area contributed by atoms with E-state index < -0.39 is 34.7 Å². The van der Waals surface area contributed by atoms with Gasteiger partial charge in [-0.1, -0.05) is 6.08 Å². The van der Waals surface area contributed by atoms with E-state index >= 15 is 0 Å². The molecule has 0 aliphatic carbocycles. The highest BCUT2D eigenvalue weighted by Gasteiger charge is 2.76. The molecular formula is C15H19NO6. The van der Waals surface area contributed by atoms with Crippen molar-refractivity contribution in [1.29, 1.82) is 0 Å². The Balaban J connectivity index is 2.03. The minimum absolute atomic E-state index is 0.125. The van der Waals surface area contributed by atoms with Gasteiger partial charge in [0.05, 0.1) is 13.2 Å². The predicted molar refractivity (Wildman–Crippen MR) is 73.5 cm³/mol. The lowest BCUT2D eigenvalue weighted by molar-refractivity contribution is -0.166. The molecule has 7 nitrogen and oxygen atoms in total. The quantitative estimate of drug-likeness (QED) is 0.537. The highest BCUT2D eigenvalue weighted by Crippen LogP contribution is 2.60. The van der Waals surface area contributed by atoms with Crippen LogP contribution in [0.1, 0.15) is 33.6 Å². The zero-order valence-electron chi connectivity index (χ0n) is 13.0. The first-order valence-corrected chi connectivity index (χ1v) is 7.17. The number of fused-ring (bicyclic) bond motifs is 1. The van der Waals surface area contributed by atoms with Crippen LogP contribution < -0.4 is 0 Å². The second-order valence-corrected chi connectivity index (χ2v) is 6.88. The maximum atomic E-state index is 12.5. The summed E-state index contributed by atoms with van der Waals surface area (Å²) in [5.41, 5.74) is -3.37. The van der Waals surface area contributed by atoms with Gasteiger partial charge < -0.3 is 14.2 Å². The average molecular weight is 309 g/mol. The van der Waals surface area contributed by atoms with Crippen molar-refractivity contribution in [2.45, 2.75) is 51.0 Å². The van der Waals surface area contributed by atoms with Gasteiger partial charge in [0.2, 0.25) is 5.91 Å². The number of imide groups is 1. The molecule has 2 fully saturated rings. The zero-order chi connectivity index (χ0) is 16.3. The summed E-state index contributed by atoms with van der Waals surface area (Å²) in [4.78, 5) is 38.2. The van der Waals surface area contributed by atoms with Gasteiger partial charge >= 0.3 is 12.1 Å². The van der Waals surface area contributed by atoms with E-state index in [1.165, 1.54) is 7.11 Å². The van der Waals surface area contributed by atoms with E-state index in [1.54, 1.807) is 32.9 Å². The van der Waals surface area contributed by atoms with Crippen LogP contribution in [0.3, 0.4) is 0 Å². The molecule has 0 radical (unpaired) electrons. The number of likely N-dealkylation sites (tertiary alicyclic amines) is 1. The minimum atomic E-state index is -1.43. The molecule has 2 saturated heterocycles. The summed E-state index contributed by atoms with van der Waals surface area (Å²) in [6.45, 7) is 5.12. The van der Waals surface area contributed by atoms with Crippen molar-refractivity contribution in [2.75, 3.05) is 7.11 Å². The number of esters is 1. The Hall–Kier alpha value is -1.89. The Labute approximate surface area is 128 Å². The lowest BCUT2D eigenvalue weighted by atomic mass is 9.73. The first-order chi connectivity index (χ1) is 10.2. The van der Waals surface area contributed by atoms with Crippen LogP contribution in [-0.2, 0) is 23.8 Å². The molecule has 3 aliphatic heterocycles. The molecular weight excluding hydrogens is 290 g/mol. The Morgan fingerprint density at radius 1 is 1.41 bits per heavy atom. The van der Waals surface area contributed by atoms with E-state index in [0.29, 0.717) is 6.42 Å². The van der Waals surface area contributed by atoms with E-state index in [0.717, 1.165) is 4.90 Å². The maximum absolute atomic E-state index is 12.5. The summed E-state index contributed by atoms with van der Waals surface area (Å²) in [7, 11) is 1.26. The van der Waals surface area contributed by atoms with Gasteiger partial charge in [0, 0.05) is 6.42 Å². The fourth-order valence-corrected chi connectivity index (χ4v) is 3.52. The second-order valence-electron chi connectivity index (χ2n) is 6.88. The van der Waals surface area contributed by atoms with Crippen molar-refractivity contribution in [1.82, 2.24) is 4.90 Å². The summed E-state index contributed by atoms with van der Waals surface area (Å²) < 4.78 is 16.0. The fraction of sp³-hybridized carbons (Fsp3) is 0.667.